The number of benzene rings is 1. The molecule has 1 aromatic carbocycles. The van der Waals surface area contributed by atoms with E-state index in [4.69, 9.17) is 28.2 Å². The number of alkyl halides is 1. The zero-order valence-electron chi connectivity index (χ0n) is 23.1. The highest BCUT2D eigenvalue weighted by Gasteiger charge is 2.53. The summed E-state index contributed by atoms with van der Waals surface area (Å²) in [5.74, 6) is -0.00747. The van der Waals surface area contributed by atoms with Gasteiger partial charge in [-0.05, 0) is 97.6 Å². The predicted octanol–water partition coefficient (Wildman–Crippen LogP) is 8.14. The van der Waals surface area contributed by atoms with E-state index in [0.717, 1.165) is 49.7 Å². The van der Waals surface area contributed by atoms with Crippen LogP contribution in [-0.2, 0) is 4.79 Å². The Labute approximate surface area is 237 Å². The average Bonchev–Trinajstić information content (AvgIpc) is 3.10. The summed E-state index contributed by atoms with van der Waals surface area (Å²) in [7, 11) is 0. The molecule has 1 spiro atoms. The van der Waals surface area contributed by atoms with E-state index < -0.39 is 11.6 Å². The number of halogens is 2. The number of carboxylic acids is 1. The largest absolute Gasteiger partial charge is 0.478 e. The van der Waals surface area contributed by atoms with Crippen molar-refractivity contribution < 1.29 is 14.7 Å². The van der Waals surface area contributed by atoms with Crippen LogP contribution in [-0.4, -0.2) is 38.6 Å². The lowest BCUT2D eigenvalue weighted by Crippen LogP contribution is -2.51. The zero-order valence-corrected chi connectivity index (χ0v) is 24.6. The van der Waals surface area contributed by atoms with Crippen molar-refractivity contribution in [1.29, 1.82) is 0 Å². The Hall–Kier alpha value is -2.11. The number of aromatic carboxylic acids is 1. The Morgan fingerprint density at radius 2 is 1.79 bits per heavy atom. The van der Waals surface area contributed by atoms with Crippen LogP contribution in [0.15, 0.2) is 52.0 Å². The number of allylic oxidation sites excluding steroid dienone is 3. The highest BCUT2D eigenvalue weighted by molar-refractivity contribution is 6.47. The van der Waals surface area contributed by atoms with Gasteiger partial charge in [-0.1, -0.05) is 58.4 Å². The maximum absolute atomic E-state index is 14.4. The summed E-state index contributed by atoms with van der Waals surface area (Å²) in [6, 6.07) is 6.79. The minimum Gasteiger partial charge on any atom is -0.478 e. The summed E-state index contributed by atoms with van der Waals surface area (Å²) in [6.45, 7) is 11.2. The molecular formula is C31H40Cl2N2O3. The third-order valence-corrected chi connectivity index (χ3v) is 8.96. The summed E-state index contributed by atoms with van der Waals surface area (Å²) in [5, 5.41) is 9.70. The SMILES string of the molecule is CC(C)CCC(c1ccc(C(=O)O)cc1)N1C(=O)C(C2=CC(Cl)=CC(Cl)C2)=NC12CCC(C(C)(C)C)CC2. The van der Waals surface area contributed by atoms with Gasteiger partial charge >= 0.3 is 5.97 Å². The standard InChI is InChI=1S/C31H40Cl2N2O3/c1-19(2)6-11-26(20-7-9-21(10-8-20)29(37)38)35-28(36)27(22-16-24(32)18-25(33)17-22)34-31(35)14-12-23(13-15-31)30(3,4)5/h7-10,16,18-19,23,25-26H,6,11-15,17H2,1-5H3,(H,37,38). The number of carbonyl (C=O) groups excluding carboxylic acids is 1. The first-order valence-electron chi connectivity index (χ1n) is 13.8. The fourth-order valence-electron chi connectivity index (χ4n) is 6.22. The Bertz CT molecular complexity index is 1150. The first-order chi connectivity index (χ1) is 17.8. The smallest absolute Gasteiger partial charge is 0.335 e. The Morgan fingerprint density at radius 1 is 1.16 bits per heavy atom. The molecule has 5 nitrogen and oxygen atoms in total. The van der Waals surface area contributed by atoms with Crippen LogP contribution < -0.4 is 0 Å². The minimum absolute atomic E-state index is 0.0724. The van der Waals surface area contributed by atoms with E-state index in [1.807, 2.05) is 23.1 Å². The minimum atomic E-state index is -0.958. The molecule has 1 N–H and O–H groups in total. The number of hydrogen-bond donors (Lipinski definition) is 1. The van der Waals surface area contributed by atoms with Gasteiger partial charge in [-0.25, -0.2) is 4.79 Å². The fraction of sp³-hybridized carbons (Fsp3) is 0.581. The normalized spacial score (nSPS) is 26.9. The van der Waals surface area contributed by atoms with Gasteiger partial charge in [0.1, 0.15) is 11.4 Å². The average molecular weight is 560 g/mol. The molecule has 0 radical (unpaired) electrons. The lowest BCUT2D eigenvalue weighted by Gasteiger charge is -2.47. The number of aliphatic imine (C=N–C) groups is 1. The van der Waals surface area contributed by atoms with Crippen molar-refractivity contribution in [1.82, 2.24) is 4.90 Å². The van der Waals surface area contributed by atoms with Crippen molar-refractivity contribution in [2.45, 2.75) is 96.6 Å². The van der Waals surface area contributed by atoms with Gasteiger partial charge in [-0.3, -0.25) is 9.79 Å². The predicted molar refractivity (Wildman–Crippen MR) is 155 cm³/mol. The second-order valence-corrected chi connectivity index (χ2v) is 13.6. The second kappa shape index (κ2) is 11.2. The molecule has 38 heavy (non-hydrogen) atoms. The summed E-state index contributed by atoms with van der Waals surface area (Å²) in [6.07, 6.45) is 9.46. The van der Waals surface area contributed by atoms with Gasteiger partial charge in [0, 0.05) is 5.03 Å². The van der Waals surface area contributed by atoms with Crippen molar-refractivity contribution in [2.24, 2.45) is 22.2 Å². The van der Waals surface area contributed by atoms with Crippen LogP contribution in [0.25, 0.3) is 0 Å². The van der Waals surface area contributed by atoms with Crippen LogP contribution in [0.2, 0.25) is 0 Å². The highest BCUT2D eigenvalue weighted by Crippen LogP contribution is 2.50. The molecule has 1 aromatic rings. The maximum atomic E-state index is 14.4. The topological polar surface area (TPSA) is 70.0 Å². The van der Waals surface area contributed by atoms with Crippen molar-refractivity contribution >= 4 is 40.8 Å². The van der Waals surface area contributed by atoms with Crippen molar-refractivity contribution in [2.75, 3.05) is 0 Å². The molecule has 1 fully saturated rings. The molecule has 0 bridgehead atoms. The van der Waals surface area contributed by atoms with E-state index in [1.54, 1.807) is 18.2 Å². The lowest BCUT2D eigenvalue weighted by molar-refractivity contribution is -0.134. The van der Waals surface area contributed by atoms with Gasteiger partial charge in [0.05, 0.1) is 17.0 Å². The zero-order chi connectivity index (χ0) is 27.8. The molecule has 7 heteroatoms. The van der Waals surface area contributed by atoms with Crippen LogP contribution in [0.1, 0.15) is 102 Å². The van der Waals surface area contributed by atoms with Gasteiger partial charge in [0.25, 0.3) is 5.91 Å². The second-order valence-electron chi connectivity index (χ2n) is 12.6. The van der Waals surface area contributed by atoms with Gasteiger partial charge in [-0.15, -0.1) is 11.6 Å². The third-order valence-electron chi connectivity index (χ3n) is 8.44. The molecule has 1 aliphatic heterocycles. The lowest BCUT2D eigenvalue weighted by atomic mass is 9.69. The van der Waals surface area contributed by atoms with E-state index in [0.29, 0.717) is 29.0 Å². The molecule has 3 aliphatic rings. The van der Waals surface area contributed by atoms with Gasteiger partial charge in [0.2, 0.25) is 0 Å². The van der Waals surface area contributed by atoms with Crippen LogP contribution in [0.3, 0.4) is 0 Å². The van der Waals surface area contributed by atoms with Crippen LogP contribution >= 0.6 is 23.2 Å². The molecule has 1 amide bonds. The van der Waals surface area contributed by atoms with Crippen molar-refractivity contribution in [3.8, 4) is 0 Å². The number of hydrogen-bond acceptors (Lipinski definition) is 3. The monoisotopic (exact) mass is 558 g/mol. The summed E-state index contributed by atoms with van der Waals surface area (Å²) in [5.41, 5.74) is 2.03. The number of nitrogens with zero attached hydrogens (tertiary/aromatic N) is 2. The number of amides is 1. The van der Waals surface area contributed by atoms with E-state index in [2.05, 4.69) is 34.6 Å². The van der Waals surface area contributed by atoms with E-state index >= 15 is 0 Å². The van der Waals surface area contributed by atoms with E-state index in [-0.39, 0.29) is 28.3 Å². The molecule has 4 rings (SSSR count). The third kappa shape index (κ3) is 6.04. The quantitative estimate of drug-likeness (QED) is 0.343. The molecule has 2 aliphatic carbocycles. The van der Waals surface area contributed by atoms with Gasteiger partial charge < -0.3 is 10.0 Å². The maximum Gasteiger partial charge on any atom is 0.335 e. The fourth-order valence-corrected chi connectivity index (χ4v) is 6.87. The summed E-state index contributed by atoms with van der Waals surface area (Å²) < 4.78 is 0. The van der Waals surface area contributed by atoms with Crippen LogP contribution in [0.4, 0.5) is 0 Å². The van der Waals surface area contributed by atoms with Gasteiger partial charge in [-0.2, -0.15) is 0 Å². The molecule has 0 saturated heterocycles. The molecule has 1 saturated carbocycles. The molecular weight excluding hydrogens is 519 g/mol. The van der Waals surface area contributed by atoms with Gasteiger partial charge in [0.15, 0.2) is 0 Å². The molecule has 2 atom stereocenters. The highest BCUT2D eigenvalue weighted by atomic mass is 35.5. The van der Waals surface area contributed by atoms with Crippen LogP contribution in [0.5, 0.6) is 0 Å². The van der Waals surface area contributed by atoms with E-state index in [9.17, 15) is 14.7 Å². The Kier molecular flexibility index (Phi) is 8.49. The number of carboxylic acid groups (broad SMARTS) is 1. The molecule has 206 valence electrons. The summed E-state index contributed by atoms with van der Waals surface area (Å²) >= 11 is 12.8. The van der Waals surface area contributed by atoms with Crippen molar-refractivity contribution in [3.05, 3.63) is 58.1 Å². The number of carbonyl (C=O) groups is 2. The molecule has 1 heterocycles. The van der Waals surface area contributed by atoms with Crippen molar-refractivity contribution in [3.63, 3.8) is 0 Å². The molecule has 2 unspecified atom stereocenters. The number of rotatable bonds is 7. The first-order valence-corrected chi connectivity index (χ1v) is 14.6. The van der Waals surface area contributed by atoms with E-state index in [1.165, 1.54) is 0 Å². The summed E-state index contributed by atoms with van der Waals surface area (Å²) in [4.78, 5) is 33.2. The Morgan fingerprint density at radius 3 is 2.32 bits per heavy atom. The Balaban J connectivity index is 1.78. The van der Waals surface area contributed by atoms with Crippen LogP contribution in [0, 0.1) is 17.3 Å². The first kappa shape index (κ1) is 28.9. The molecule has 0 aromatic heterocycles.